The zero-order valence-corrected chi connectivity index (χ0v) is 30.2. The minimum absolute atomic E-state index is 0.183. The lowest BCUT2D eigenvalue weighted by Gasteiger charge is -2.25. The van der Waals surface area contributed by atoms with Crippen LogP contribution in [0.15, 0.2) is 111 Å². The van der Waals surface area contributed by atoms with Gasteiger partial charge in [-0.05, 0) is 71.0 Å². The maximum absolute atomic E-state index is 14.3. The first-order valence-electron chi connectivity index (χ1n) is 14.1. The van der Waals surface area contributed by atoms with Gasteiger partial charge in [-0.3, -0.25) is 9.36 Å². The number of ether oxygens (including phenoxy) is 2. The zero-order chi connectivity index (χ0) is 32.4. The number of rotatable bonds is 8. The second-order valence-corrected chi connectivity index (χ2v) is 14.1. The Morgan fingerprint density at radius 3 is 2.43 bits per heavy atom. The normalized spacial score (nSPS) is 14.5. The molecule has 0 saturated heterocycles. The van der Waals surface area contributed by atoms with E-state index in [0.29, 0.717) is 42.0 Å². The Hall–Kier alpha value is -3.22. The van der Waals surface area contributed by atoms with Gasteiger partial charge < -0.3 is 9.47 Å². The molecular weight excluding hydrogens is 822 g/mol. The van der Waals surface area contributed by atoms with E-state index < -0.39 is 12.0 Å². The third kappa shape index (κ3) is 6.75. The van der Waals surface area contributed by atoms with E-state index in [9.17, 15) is 9.59 Å². The van der Waals surface area contributed by atoms with Crippen molar-refractivity contribution >= 4 is 90.8 Å². The molecule has 0 bridgehead atoms. The van der Waals surface area contributed by atoms with Crippen molar-refractivity contribution < 1.29 is 14.3 Å². The van der Waals surface area contributed by atoms with Crippen LogP contribution < -0.4 is 19.6 Å². The van der Waals surface area contributed by atoms with Gasteiger partial charge in [0.25, 0.3) is 5.56 Å². The highest BCUT2D eigenvalue weighted by Gasteiger charge is 2.35. The quantitative estimate of drug-likeness (QED) is 0.117. The lowest BCUT2D eigenvalue weighted by Crippen LogP contribution is -2.40. The summed E-state index contributed by atoms with van der Waals surface area (Å²) in [5, 5.41) is 0.912. The number of hydrogen-bond acceptors (Lipinski definition) is 6. The Kier molecular flexibility index (Phi) is 10.1. The van der Waals surface area contributed by atoms with Gasteiger partial charge in [0, 0.05) is 15.6 Å². The number of nitrogens with zero attached hydrogens (tertiary/aromatic N) is 2. The van der Waals surface area contributed by atoms with E-state index in [0.717, 1.165) is 24.7 Å². The molecule has 11 heteroatoms. The summed E-state index contributed by atoms with van der Waals surface area (Å²) in [5.41, 5.74) is 3.57. The van der Waals surface area contributed by atoms with Crippen molar-refractivity contribution in [1.82, 2.24) is 4.57 Å². The molecular formula is C35H24BrCl2IN2O4S. The van der Waals surface area contributed by atoms with Crippen LogP contribution in [-0.2, 0) is 16.1 Å². The highest BCUT2D eigenvalue weighted by molar-refractivity contribution is 14.1. The Morgan fingerprint density at radius 1 is 1.02 bits per heavy atom. The molecule has 232 valence electrons. The molecule has 0 unspecified atom stereocenters. The average Bonchev–Trinajstić information content (AvgIpc) is 3.36. The van der Waals surface area contributed by atoms with E-state index in [1.54, 1.807) is 29.7 Å². The van der Waals surface area contributed by atoms with Crippen LogP contribution in [0, 0.1) is 3.57 Å². The molecule has 4 aromatic carbocycles. The molecule has 0 radical (unpaired) electrons. The summed E-state index contributed by atoms with van der Waals surface area (Å²) < 4.78 is 15.6. The van der Waals surface area contributed by atoms with E-state index in [-0.39, 0.29) is 18.8 Å². The number of carbonyl (C=O) groups is 1. The van der Waals surface area contributed by atoms with Gasteiger partial charge in [-0.25, -0.2) is 9.79 Å². The van der Waals surface area contributed by atoms with Crippen LogP contribution >= 0.6 is 73.1 Å². The van der Waals surface area contributed by atoms with Gasteiger partial charge in [0.15, 0.2) is 4.80 Å². The van der Waals surface area contributed by atoms with Crippen molar-refractivity contribution in [3.8, 4) is 5.75 Å². The fraction of sp³-hybridized carbons (Fsp3) is 0.114. The van der Waals surface area contributed by atoms with Crippen molar-refractivity contribution in [2.75, 3.05) is 6.61 Å². The summed E-state index contributed by atoms with van der Waals surface area (Å²) in [6.07, 6.45) is 1.80. The molecule has 46 heavy (non-hydrogen) atoms. The SMILES string of the molecule is CCOC(=O)C1=C(c2ccccc2)N=c2s/c(=C\c3cc(Br)cc(I)c3OCc3ccc(Cl)c(Cl)c3)c(=O)n2[C@H]1c1ccccc1. The van der Waals surface area contributed by atoms with Crippen LogP contribution in [0.4, 0.5) is 0 Å². The fourth-order valence-corrected chi connectivity index (χ4v) is 8.18. The minimum Gasteiger partial charge on any atom is -0.487 e. The summed E-state index contributed by atoms with van der Waals surface area (Å²) in [4.78, 5) is 33.4. The summed E-state index contributed by atoms with van der Waals surface area (Å²) >= 11 is 19.4. The maximum Gasteiger partial charge on any atom is 0.338 e. The second kappa shape index (κ2) is 14.3. The molecule has 0 fully saturated rings. The average molecular weight is 846 g/mol. The molecule has 1 aliphatic heterocycles. The number of fused-ring (bicyclic) bond motifs is 1. The molecule has 0 N–H and O–H groups in total. The minimum atomic E-state index is -0.748. The highest BCUT2D eigenvalue weighted by atomic mass is 127. The van der Waals surface area contributed by atoms with E-state index >= 15 is 0 Å². The largest absolute Gasteiger partial charge is 0.487 e. The first-order valence-corrected chi connectivity index (χ1v) is 17.6. The highest BCUT2D eigenvalue weighted by Crippen LogP contribution is 2.36. The van der Waals surface area contributed by atoms with Crippen LogP contribution in [0.25, 0.3) is 11.8 Å². The van der Waals surface area contributed by atoms with E-state index in [4.69, 9.17) is 37.7 Å². The summed E-state index contributed by atoms with van der Waals surface area (Å²) in [7, 11) is 0. The summed E-state index contributed by atoms with van der Waals surface area (Å²) in [6.45, 7) is 2.19. The van der Waals surface area contributed by atoms with E-state index in [1.165, 1.54) is 11.3 Å². The number of benzene rings is 4. The third-order valence-corrected chi connectivity index (χ3v) is 10.2. The monoisotopic (exact) mass is 844 g/mol. The van der Waals surface area contributed by atoms with Gasteiger partial charge in [-0.1, -0.05) is 117 Å². The Morgan fingerprint density at radius 2 is 1.74 bits per heavy atom. The number of carbonyl (C=O) groups excluding carboxylic acids is 1. The van der Waals surface area contributed by atoms with Crippen molar-refractivity contribution in [2.45, 2.75) is 19.6 Å². The second-order valence-electron chi connectivity index (χ2n) is 10.2. The van der Waals surface area contributed by atoms with Crippen LogP contribution in [0.2, 0.25) is 10.0 Å². The number of esters is 1. The molecule has 6 rings (SSSR count). The van der Waals surface area contributed by atoms with Crippen molar-refractivity contribution in [2.24, 2.45) is 4.99 Å². The summed E-state index contributed by atoms with van der Waals surface area (Å²) in [5.74, 6) is 0.0882. The molecule has 0 saturated carbocycles. The van der Waals surface area contributed by atoms with Crippen molar-refractivity contribution in [3.05, 3.63) is 157 Å². The third-order valence-electron chi connectivity index (χ3n) is 7.18. The van der Waals surface area contributed by atoms with Crippen LogP contribution in [-0.4, -0.2) is 17.1 Å². The van der Waals surface area contributed by atoms with E-state index in [2.05, 4.69) is 38.5 Å². The van der Waals surface area contributed by atoms with Gasteiger partial charge >= 0.3 is 5.97 Å². The summed E-state index contributed by atoms with van der Waals surface area (Å²) in [6, 6.07) is 27.4. The predicted molar refractivity (Wildman–Crippen MR) is 195 cm³/mol. The molecule has 0 aliphatic carbocycles. The number of hydrogen-bond donors (Lipinski definition) is 0. The van der Waals surface area contributed by atoms with Gasteiger partial charge in [0.2, 0.25) is 0 Å². The number of aromatic nitrogens is 1. The zero-order valence-electron chi connectivity index (χ0n) is 24.2. The Balaban J connectivity index is 1.54. The molecule has 0 spiro atoms. The molecule has 1 aromatic heterocycles. The van der Waals surface area contributed by atoms with Gasteiger partial charge in [-0.2, -0.15) is 0 Å². The fourth-order valence-electron chi connectivity index (χ4n) is 5.16. The van der Waals surface area contributed by atoms with Crippen LogP contribution in [0.3, 0.4) is 0 Å². The topological polar surface area (TPSA) is 69.9 Å². The molecule has 0 amide bonds. The van der Waals surface area contributed by atoms with Crippen LogP contribution in [0.5, 0.6) is 5.75 Å². The van der Waals surface area contributed by atoms with E-state index in [1.807, 2.05) is 78.9 Å². The number of halogens is 4. The smallest absolute Gasteiger partial charge is 0.338 e. The predicted octanol–water partition coefficient (Wildman–Crippen LogP) is 8.19. The maximum atomic E-state index is 14.3. The first kappa shape index (κ1) is 32.7. The van der Waals surface area contributed by atoms with Gasteiger partial charge in [-0.15, -0.1) is 0 Å². The number of thiazole rings is 1. The standard InChI is InChI=1S/C35H24BrCl2IN2O4S/c1-2-44-34(43)29-30(21-9-5-3-6-10-21)40-35-41(31(29)22-11-7-4-8-12-22)33(42)28(46-35)17-23-16-24(36)18-27(39)32(23)45-19-20-13-14-25(37)26(38)15-20/h3-18,31H,2,19H2,1H3/b28-17-/t31-/m0/s1. The van der Waals surface area contributed by atoms with Gasteiger partial charge in [0.1, 0.15) is 12.4 Å². The Bertz CT molecular complexity index is 2170. The molecule has 5 aromatic rings. The molecule has 1 atom stereocenters. The molecule has 2 heterocycles. The lowest BCUT2D eigenvalue weighted by atomic mass is 9.93. The molecule has 1 aliphatic rings. The van der Waals surface area contributed by atoms with Crippen LogP contribution in [0.1, 0.15) is 35.2 Å². The van der Waals surface area contributed by atoms with Crippen molar-refractivity contribution in [3.63, 3.8) is 0 Å². The first-order chi connectivity index (χ1) is 22.2. The van der Waals surface area contributed by atoms with Crippen molar-refractivity contribution in [1.29, 1.82) is 0 Å². The Labute approximate surface area is 300 Å². The molecule has 6 nitrogen and oxygen atoms in total. The lowest BCUT2D eigenvalue weighted by molar-refractivity contribution is -0.138. The van der Waals surface area contributed by atoms with Gasteiger partial charge in [0.05, 0.1) is 42.1 Å².